The van der Waals surface area contributed by atoms with Crippen LogP contribution < -0.4 is 4.74 Å². The van der Waals surface area contributed by atoms with Crippen LogP contribution in [0, 0.1) is 6.92 Å². The van der Waals surface area contributed by atoms with Crippen LogP contribution in [0.2, 0.25) is 0 Å². The summed E-state index contributed by atoms with van der Waals surface area (Å²) in [4.78, 5) is 23.3. The summed E-state index contributed by atoms with van der Waals surface area (Å²) in [5.41, 5.74) is 0.596. The van der Waals surface area contributed by atoms with Crippen LogP contribution in [0.15, 0.2) is 33.3 Å². The number of hydrogen-bond acceptors (Lipinski definition) is 8. The third-order valence-electron chi connectivity index (χ3n) is 5.66. The van der Waals surface area contributed by atoms with Crippen LogP contribution in [0.25, 0.3) is 11.4 Å². The Balaban J connectivity index is 1.32. The predicted molar refractivity (Wildman–Crippen MR) is 107 cm³/mol. The van der Waals surface area contributed by atoms with Gasteiger partial charge in [-0.3, -0.25) is 4.79 Å². The molecule has 0 atom stereocenters. The first kappa shape index (κ1) is 20.1. The molecule has 0 bridgehead atoms. The number of ether oxygens (including phenoxy) is 1. The van der Waals surface area contributed by atoms with Crippen molar-refractivity contribution in [2.75, 3.05) is 20.2 Å². The molecule has 1 aromatic carbocycles. The first-order valence-corrected chi connectivity index (χ1v) is 10.0. The fraction of sp³-hybridized carbons (Fsp3) is 0.476. The number of benzene rings is 1. The maximum Gasteiger partial charge on any atom is 0.227 e. The number of nitrogens with zero attached hydrogens (tertiary/aromatic N) is 5. The monoisotopic (exact) mass is 411 g/mol. The summed E-state index contributed by atoms with van der Waals surface area (Å²) in [6, 6.07) is 7.48. The number of likely N-dealkylation sites (tertiary alicyclic amines) is 1. The number of para-hydroxylation sites is 1. The smallest absolute Gasteiger partial charge is 0.227 e. The summed E-state index contributed by atoms with van der Waals surface area (Å²) in [6.07, 6.45) is 2.33. The molecule has 0 aliphatic carbocycles. The minimum atomic E-state index is -0.162. The van der Waals surface area contributed by atoms with Crippen molar-refractivity contribution in [1.82, 2.24) is 25.2 Å². The molecule has 0 radical (unpaired) electrons. The minimum absolute atomic E-state index is 0.0818. The van der Waals surface area contributed by atoms with E-state index < -0.39 is 0 Å². The van der Waals surface area contributed by atoms with Crippen molar-refractivity contribution in [3.63, 3.8) is 0 Å². The van der Waals surface area contributed by atoms with Gasteiger partial charge in [0, 0.05) is 38.3 Å². The normalized spacial score (nSPS) is 15.9. The molecule has 1 saturated heterocycles. The summed E-state index contributed by atoms with van der Waals surface area (Å²) < 4.78 is 15.8. The highest BCUT2D eigenvalue weighted by molar-refractivity contribution is 5.76. The van der Waals surface area contributed by atoms with Crippen molar-refractivity contribution in [2.45, 2.75) is 44.9 Å². The molecule has 0 spiro atoms. The fourth-order valence-corrected chi connectivity index (χ4v) is 3.68. The molecule has 1 fully saturated rings. The van der Waals surface area contributed by atoms with Gasteiger partial charge < -0.3 is 18.7 Å². The lowest BCUT2D eigenvalue weighted by atomic mass is 9.79. The average Bonchev–Trinajstić information content (AvgIpc) is 3.42. The van der Waals surface area contributed by atoms with Gasteiger partial charge in [-0.2, -0.15) is 9.97 Å². The van der Waals surface area contributed by atoms with Gasteiger partial charge in [0.05, 0.1) is 12.7 Å². The maximum absolute atomic E-state index is 12.7. The van der Waals surface area contributed by atoms with E-state index in [1.807, 2.05) is 29.2 Å². The SMILES string of the molecule is COc1ccccc1-c1noc(CCC(=O)N2CCC(C)(c3noc(C)n3)CC2)n1. The number of methoxy groups -OCH3 is 1. The van der Waals surface area contributed by atoms with Crippen LogP contribution >= 0.6 is 0 Å². The van der Waals surface area contributed by atoms with E-state index in [4.69, 9.17) is 13.8 Å². The van der Waals surface area contributed by atoms with Crippen LogP contribution in [0.5, 0.6) is 5.75 Å². The van der Waals surface area contributed by atoms with Crippen molar-refractivity contribution in [1.29, 1.82) is 0 Å². The standard InChI is InChI=1S/C21H25N5O4/c1-14-22-20(25-29-14)21(2)10-12-26(13-11-21)18(27)9-8-17-23-19(24-30-17)15-6-4-5-7-16(15)28-3/h4-7H,8-13H2,1-3H3. The van der Waals surface area contributed by atoms with E-state index in [2.05, 4.69) is 27.2 Å². The number of aromatic nitrogens is 4. The summed E-state index contributed by atoms with van der Waals surface area (Å²) >= 11 is 0. The number of aryl methyl sites for hydroxylation is 2. The second-order valence-corrected chi connectivity index (χ2v) is 7.79. The summed E-state index contributed by atoms with van der Waals surface area (Å²) in [7, 11) is 1.60. The van der Waals surface area contributed by atoms with Crippen LogP contribution in [-0.2, 0) is 16.6 Å². The molecule has 0 unspecified atom stereocenters. The second kappa shape index (κ2) is 8.25. The van der Waals surface area contributed by atoms with Crippen molar-refractivity contribution in [2.24, 2.45) is 0 Å². The topological polar surface area (TPSA) is 107 Å². The average molecular weight is 411 g/mol. The molecule has 9 heteroatoms. The maximum atomic E-state index is 12.7. The highest BCUT2D eigenvalue weighted by Gasteiger charge is 2.37. The van der Waals surface area contributed by atoms with Crippen LogP contribution in [0.1, 0.15) is 43.8 Å². The van der Waals surface area contributed by atoms with Gasteiger partial charge in [0.2, 0.25) is 23.5 Å². The molecule has 1 aliphatic heterocycles. The molecule has 1 amide bonds. The van der Waals surface area contributed by atoms with E-state index in [1.165, 1.54) is 0 Å². The molecular weight excluding hydrogens is 386 g/mol. The lowest BCUT2D eigenvalue weighted by molar-refractivity contribution is -0.132. The summed E-state index contributed by atoms with van der Waals surface area (Å²) in [5.74, 6) is 2.94. The highest BCUT2D eigenvalue weighted by atomic mass is 16.5. The number of hydrogen-bond donors (Lipinski definition) is 0. The molecular formula is C21H25N5O4. The third-order valence-corrected chi connectivity index (χ3v) is 5.66. The Morgan fingerprint density at radius 3 is 2.63 bits per heavy atom. The summed E-state index contributed by atoms with van der Waals surface area (Å²) in [5, 5.41) is 8.10. The molecule has 30 heavy (non-hydrogen) atoms. The molecule has 158 valence electrons. The van der Waals surface area contributed by atoms with Gasteiger partial charge in [-0.15, -0.1) is 0 Å². The number of amides is 1. The van der Waals surface area contributed by atoms with Gasteiger partial charge in [-0.1, -0.05) is 29.4 Å². The third kappa shape index (κ3) is 4.05. The van der Waals surface area contributed by atoms with Gasteiger partial charge >= 0.3 is 0 Å². The highest BCUT2D eigenvalue weighted by Crippen LogP contribution is 2.33. The molecule has 0 saturated carbocycles. The van der Waals surface area contributed by atoms with Gasteiger partial charge in [0.15, 0.2) is 5.82 Å². The Hall–Kier alpha value is -3.23. The van der Waals surface area contributed by atoms with Crippen LogP contribution in [0.4, 0.5) is 0 Å². The molecule has 3 aromatic rings. The second-order valence-electron chi connectivity index (χ2n) is 7.79. The molecule has 3 heterocycles. The van der Waals surface area contributed by atoms with E-state index in [9.17, 15) is 4.79 Å². The van der Waals surface area contributed by atoms with E-state index in [-0.39, 0.29) is 11.3 Å². The lowest BCUT2D eigenvalue weighted by Crippen LogP contribution is -2.44. The van der Waals surface area contributed by atoms with Crippen molar-refractivity contribution < 1.29 is 18.6 Å². The van der Waals surface area contributed by atoms with Gasteiger partial charge in [0.25, 0.3) is 0 Å². The van der Waals surface area contributed by atoms with Crippen molar-refractivity contribution >= 4 is 5.91 Å². The lowest BCUT2D eigenvalue weighted by Gasteiger charge is -2.37. The Morgan fingerprint density at radius 1 is 1.17 bits per heavy atom. The number of piperidine rings is 1. The molecule has 9 nitrogen and oxygen atoms in total. The van der Waals surface area contributed by atoms with Gasteiger partial charge in [0.1, 0.15) is 5.75 Å². The number of carbonyl (C=O) groups is 1. The Bertz CT molecular complexity index is 1020. The van der Waals surface area contributed by atoms with Crippen molar-refractivity contribution in [3.8, 4) is 17.1 Å². The van der Waals surface area contributed by atoms with E-state index in [1.54, 1.807) is 14.0 Å². The largest absolute Gasteiger partial charge is 0.496 e. The molecule has 2 aromatic heterocycles. The van der Waals surface area contributed by atoms with E-state index in [0.717, 1.165) is 24.2 Å². The fourth-order valence-electron chi connectivity index (χ4n) is 3.68. The van der Waals surface area contributed by atoms with Gasteiger partial charge in [-0.05, 0) is 25.0 Å². The van der Waals surface area contributed by atoms with Crippen LogP contribution in [-0.4, -0.2) is 51.3 Å². The Morgan fingerprint density at radius 2 is 1.93 bits per heavy atom. The molecule has 1 aliphatic rings. The molecule has 0 N–H and O–H groups in total. The van der Waals surface area contributed by atoms with Gasteiger partial charge in [-0.25, -0.2) is 0 Å². The zero-order valence-electron chi connectivity index (χ0n) is 17.4. The quantitative estimate of drug-likeness (QED) is 0.609. The van der Waals surface area contributed by atoms with Crippen LogP contribution in [0.3, 0.4) is 0 Å². The summed E-state index contributed by atoms with van der Waals surface area (Å²) in [6.45, 7) is 5.24. The predicted octanol–water partition coefficient (Wildman–Crippen LogP) is 2.95. The molecule has 4 rings (SSSR count). The zero-order chi connectivity index (χ0) is 21.1. The van der Waals surface area contributed by atoms with Crippen molar-refractivity contribution in [3.05, 3.63) is 41.9 Å². The first-order chi connectivity index (χ1) is 14.5. The Labute approximate surface area is 174 Å². The minimum Gasteiger partial charge on any atom is -0.496 e. The number of rotatable bonds is 6. The zero-order valence-corrected chi connectivity index (χ0v) is 17.4. The first-order valence-electron chi connectivity index (χ1n) is 10.0. The Kier molecular flexibility index (Phi) is 5.52. The van der Waals surface area contributed by atoms with E-state index >= 15 is 0 Å². The number of carbonyl (C=O) groups excluding carboxylic acids is 1. The van der Waals surface area contributed by atoms with E-state index in [0.29, 0.717) is 49.3 Å².